The number of hydrogen-bond donors (Lipinski definition) is 3. The van der Waals surface area contributed by atoms with Gasteiger partial charge in [-0.2, -0.15) is 18.2 Å². The topological polar surface area (TPSA) is 79.3 Å². The average molecular weight is 320 g/mol. The van der Waals surface area contributed by atoms with E-state index in [9.17, 15) is 13.2 Å². The van der Waals surface area contributed by atoms with Gasteiger partial charge in [-0.05, 0) is 6.42 Å². The zero-order valence-corrected chi connectivity index (χ0v) is 12.0. The van der Waals surface area contributed by atoms with Crippen LogP contribution in [0, 0.1) is 0 Å². The molecule has 0 radical (unpaired) electrons. The van der Waals surface area contributed by atoms with Crippen molar-refractivity contribution >= 4 is 11.8 Å². The molecule has 0 bridgehead atoms. The Balaban J connectivity index is 2.07. The summed E-state index contributed by atoms with van der Waals surface area (Å²) in [5.74, 6) is 0.732. The van der Waals surface area contributed by atoms with Crippen LogP contribution in [0.5, 0.6) is 0 Å². The molecule has 1 aliphatic heterocycles. The molecule has 0 saturated carbocycles. The molecule has 0 amide bonds. The normalized spacial score (nSPS) is 18.5. The Morgan fingerprint density at radius 1 is 1.27 bits per heavy atom. The van der Waals surface area contributed by atoms with E-state index in [0.29, 0.717) is 19.0 Å². The minimum absolute atomic E-state index is 0.0863. The smallest absolute Gasteiger partial charge is 0.390 e. The lowest BCUT2D eigenvalue weighted by molar-refractivity contribution is -0.131. The van der Waals surface area contributed by atoms with Crippen LogP contribution in [0.15, 0.2) is 6.07 Å². The second-order valence-electron chi connectivity index (χ2n) is 5.00. The summed E-state index contributed by atoms with van der Waals surface area (Å²) in [6, 6.07) is 1.65. The molecule has 1 aromatic heterocycles. The first-order valence-electron chi connectivity index (χ1n) is 7.10. The number of nitrogens with zero attached hydrogens (tertiary/aromatic N) is 2. The van der Waals surface area contributed by atoms with Gasteiger partial charge in [-0.25, -0.2) is 4.98 Å². The van der Waals surface area contributed by atoms with Gasteiger partial charge in [0.25, 0.3) is 0 Å². The Morgan fingerprint density at radius 3 is 2.73 bits per heavy atom. The van der Waals surface area contributed by atoms with Crippen LogP contribution in [-0.4, -0.2) is 54.2 Å². The van der Waals surface area contributed by atoms with Gasteiger partial charge >= 0.3 is 6.18 Å². The van der Waals surface area contributed by atoms with Gasteiger partial charge in [-0.15, -0.1) is 0 Å². The van der Waals surface area contributed by atoms with E-state index in [2.05, 4.69) is 20.6 Å². The van der Waals surface area contributed by atoms with Crippen LogP contribution in [0.4, 0.5) is 24.9 Å². The second-order valence-corrected chi connectivity index (χ2v) is 5.00. The van der Waals surface area contributed by atoms with Crippen LogP contribution in [-0.2, 0) is 4.74 Å². The van der Waals surface area contributed by atoms with E-state index in [1.807, 2.05) is 0 Å². The number of rotatable bonds is 7. The van der Waals surface area contributed by atoms with Gasteiger partial charge in [-0.3, -0.25) is 0 Å². The molecule has 2 rings (SSSR count). The highest BCUT2D eigenvalue weighted by Gasteiger charge is 2.26. The Labute approximate surface area is 126 Å². The summed E-state index contributed by atoms with van der Waals surface area (Å²) in [4.78, 5) is 8.44. The van der Waals surface area contributed by atoms with Gasteiger partial charge in [0, 0.05) is 31.7 Å². The number of ether oxygens (including phenoxy) is 1. The fourth-order valence-corrected chi connectivity index (χ4v) is 2.11. The summed E-state index contributed by atoms with van der Waals surface area (Å²) in [6.07, 6.45) is -4.32. The third-order valence-electron chi connectivity index (χ3n) is 3.20. The van der Waals surface area contributed by atoms with Crippen molar-refractivity contribution < 1.29 is 23.0 Å². The minimum atomic E-state index is -4.21. The number of aromatic nitrogens is 2. The van der Waals surface area contributed by atoms with Gasteiger partial charge < -0.3 is 20.5 Å². The number of anilines is 2. The number of aliphatic hydroxyl groups excluding tert-OH is 1. The molecule has 0 spiro atoms. The number of alkyl halides is 3. The first-order chi connectivity index (χ1) is 10.5. The summed E-state index contributed by atoms with van der Waals surface area (Å²) in [7, 11) is 0. The number of nitrogens with one attached hydrogen (secondary N) is 2. The van der Waals surface area contributed by atoms with E-state index in [0.717, 1.165) is 12.1 Å². The molecule has 1 aliphatic rings. The third kappa shape index (κ3) is 5.30. The first kappa shape index (κ1) is 16.8. The maximum absolute atomic E-state index is 12.2. The molecule has 1 aromatic rings. The van der Waals surface area contributed by atoms with E-state index >= 15 is 0 Å². The fraction of sp³-hybridized carbons (Fsp3) is 0.692. The lowest BCUT2D eigenvalue weighted by atomic mass is 10.0. The van der Waals surface area contributed by atoms with E-state index in [1.54, 1.807) is 6.07 Å². The van der Waals surface area contributed by atoms with Crippen molar-refractivity contribution in [3.63, 3.8) is 0 Å². The zero-order chi connectivity index (χ0) is 16.0. The Hall–Kier alpha value is -1.61. The van der Waals surface area contributed by atoms with Gasteiger partial charge in [0.05, 0.1) is 25.3 Å². The summed E-state index contributed by atoms with van der Waals surface area (Å²) in [5.41, 5.74) is 0.724. The highest BCUT2D eigenvalue weighted by molar-refractivity contribution is 5.43. The van der Waals surface area contributed by atoms with Crippen molar-refractivity contribution in [3.8, 4) is 0 Å². The molecule has 1 saturated heterocycles. The second kappa shape index (κ2) is 7.59. The highest BCUT2D eigenvalue weighted by atomic mass is 19.4. The summed E-state index contributed by atoms with van der Waals surface area (Å²) >= 11 is 0. The van der Waals surface area contributed by atoms with Gasteiger partial charge in [0.1, 0.15) is 5.82 Å². The lowest BCUT2D eigenvalue weighted by Gasteiger charge is -2.14. The largest absolute Gasteiger partial charge is 0.395 e. The van der Waals surface area contributed by atoms with Crippen LogP contribution in [0.25, 0.3) is 0 Å². The molecular weight excluding hydrogens is 301 g/mol. The maximum atomic E-state index is 12.2. The highest BCUT2D eigenvalue weighted by Crippen LogP contribution is 2.26. The Bertz CT molecular complexity index is 479. The molecular formula is C13H19F3N4O2. The van der Waals surface area contributed by atoms with Crippen molar-refractivity contribution in [2.24, 2.45) is 0 Å². The van der Waals surface area contributed by atoms with Crippen molar-refractivity contribution in [1.29, 1.82) is 0 Å². The lowest BCUT2D eigenvalue weighted by Crippen LogP contribution is -2.17. The summed E-state index contributed by atoms with van der Waals surface area (Å²) < 4.78 is 41.9. The zero-order valence-electron chi connectivity index (χ0n) is 12.0. The molecule has 1 atom stereocenters. The van der Waals surface area contributed by atoms with Crippen LogP contribution in [0.2, 0.25) is 0 Å². The average Bonchev–Trinajstić information content (AvgIpc) is 2.98. The molecule has 0 unspecified atom stereocenters. The Morgan fingerprint density at radius 2 is 2.09 bits per heavy atom. The van der Waals surface area contributed by atoms with Gasteiger partial charge in [-0.1, -0.05) is 0 Å². The molecule has 6 nitrogen and oxygen atoms in total. The van der Waals surface area contributed by atoms with Crippen molar-refractivity contribution in [1.82, 2.24) is 9.97 Å². The monoisotopic (exact) mass is 320 g/mol. The predicted molar refractivity (Wildman–Crippen MR) is 74.9 cm³/mol. The third-order valence-corrected chi connectivity index (χ3v) is 3.20. The van der Waals surface area contributed by atoms with Crippen LogP contribution in [0.1, 0.15) is 24.5 Å². The molecule has 124 valence electrons. The maximum Gasteiger partial charge on any atom is 0.390 e. The molecule has 0 aromatic carbocycles. The van der Waals surface area contributed by atoms with E-state index in [4.69, 9.17) is 9.84 Å². The number of aliphatic hydroxyl groups is 1. The van der Waals surface area contributed by atoms with Gasteiger partial charge in [0.15, 0.2) is 0 Å². The van der Waals surface area contributed by atoms with Crippen LogP contribution in [0.3, 0.4) is 0 Å². The van der Waals surface area contributed by atoms with Crippen molar-refractivity contribution in [2.75, 3.05) is 43.5 Å². The number of hydrogen-bond acceptors (Lipinski definition) is 6. The molecule has 2 heterocycles. The molecule has 0 aliphatic carbocycles. The van der Waals surface area contributed by atoms with Crippen molar-refractivity contribution in [3.05, 3.63) is 11.8 Å². The van der Waals surface area contributed by atoms with E-state index in [1.165, 1.54) is 0 Å². The predicted octanol–water partition coefficient (Wildman–Crippen LogP) is 1.75. The molecule has 1 fully saturated rings. The first-order valence-corrected chi connectivity index (χ1v) is 7.10. The van der Waals surface area contributed by atoms with Crippen LogP contribution < -0.4 is 10.6 Å². The SMILES string of the molecule is OCCNc1nc(NCCC(F)(F)F)cc([C@H]2CCOC2)n1. The minimum Gasteiger partial charge on any atom is -0.395 e. The summed E-state index contributed by atoms with van der Waals surface area (Å²) in [5, 5.41) is 14.3. The summed E-state index contributed by atoms with van der Waals surface area (Å²) in [6.45, 7) is 1.12. The van der Waals surface area contributed by atoms with Crippen LogP contribution >= 0.6 is 0 Å². The molecule has 3 N–H and O–H groups in total. The van der Waals surface area contributed by atoms with Crippen molar-refractivity contribution in [2.45, 2.75) is 24.9 Å². The van der Waals surface area contributed by atoms with Gasteiger partial charge in [0.2, 0.25) is 5.95 Å². The standard InChI is InChI=1S/C13H19F3N4O2/c14-13(15,16)2-3-17-11-7-10(9-1-6-22-8-9)19-12(20-11)18-4-5-21/h7,9,21H,1-6,8H2,(H2,17,18,19,20)/t9-/m0/s1. The fourth-order valence-electron chi connectivity index (χ4n) is 2.11. The Kier molecular flexibility index (Phi) is 5.78. The number of halogens is 3. The molecule has 22 heavy (non-hydrogen) atoms. The quantitative estimate of drug-likeness (QED) is 0.710. The van der Waals surface area contributed by atoms with E-state index in [-0.39, 0.29) is 31.6 Å². The van der Waals surface area contributed by atoms with E-state index < -0.39 is 12.6 Å². The molecule has 9 heteroatoms.